The van der Waals surface area contributed by atoms with Crippen molar-refractivity contribution in [2.75, 3.05) is 39.9 Å². The molecule has 1 fully saturated rings. The van der Waals surface area contributed by atoms with Crippen molar-refractivity contribution in [1.29, 1.82) is 0 Å². The van der Waals surface area contributed by atoms with Crippen molar-refractivity contribution in [3.05, 3.63) is 29.3 Å². The lowest BCUT2D eigenvalue weighted by Crippen LogP contribution is -2.50. The van der Waals surface area contributed by atoms with Gasteiger partial charge in [0.25, 0.3) is 0 Å². The Labute approximate surface area is 140 Å². The molecular weight excluding hydrogens is 321 g/mol. The van der Waals surface area contributed by atoms with Crippen molar-refractivity contribution in [2.24, 2.45) is 5.41 Å². The van der Waals surface area contributed by atoms with E-state index in [1.807, 2.05) is 4.90 Å². The standard InChI is InChI=1S/C17H25F3N2O2/c1-16(2,11-23)15(22-8-6-21-7-9-22)13-5-4-12(24-3)10-14(13)17(18,19)20/h4-5,10,15,21,23H,6-9,11H2,1-3H3/t15-/m1/s1. The first-order valence-corrected chi connectivity index (χ1v) is 8.01. The summed E-state index contributed by atoms with van der Waals surface area (Å²) >= 11 is 0. The second-order valence-corrected chi connectivity index (χ2v) is 6.79. The van der Waals surface area contributed by atoms with E-state index < -0.39 is 23.2 Å². The van der Waals surface area contributed by atoms with Crippen LogP contribution in [0.1, 0.15) is 31.0 Å². The highest BCUT2D eigenvalue weighted by Crippen LogP contribution is 2.45. The monoisotopic (exact) mass is 346 g/mol. The molecule has 0 aromatic heterocycles. The molecule has 0 saturated carbocycles. The third kappa shape index (κ3) is 4.02. The largest absolute Gasteiger partial charge is 0.497 e. The minimum absolute atomic E-state index is 0.173. The quantitative estimate of drug-likeness (QED) is 0.860. The number of aliphatic hydroxyl groups is 1. The molecule has 4 nitrogen and oxygen atoms in total. The first kappa shape index (κ1) is 19.0. The number of hydrogen-bond donors (Lipinski definition) is 2. The van der Waals surface area contributed by atoms with Crippen LogP contribution < -0.4 is 10.1 Å². The normalized spacial score (nSPS) is 18.5. The van der Waals surface area contributed by atoms with E-state index in [9.17, 15) is 18.3 Å². The van der Waals surface area contributed by atoms with Crippen LogP contribution in [0, 0.1) is 5.41 Å². The predicted octanol–water partition coefficient (Wildman–Crippen LogP) is 2.68. The molecule has 7 heteroatoms. The average Bonchev–Trinajstić information content (AvgIpc) is 2.55. The first-order valence-electron chi connectivity index (χ1n) is 8.01. The Morgan fingerprint density at radius 3 is 2.38 bits per heavy atom. The molecule has 1 aromatic rings. The van der Waals surface area contributed by atoms with E-state index in [4.69, 9.17) is 4.74 Å². The molecule has 0 unspecified atom stereocenters. The second-order valence-electron chi connectivity index (χ2n) is 6.79. The van der Waals surface area contributed by atoms with Crippen LogP contribution in [0.4, 0.5) is 13.2 Å². The van der Waals surface area contributed by atoms with Crippen LogP contribution in [0.2, 0.25) is 0 Å². The maximum atomic E-state index is 13.6. The van der Waals surface area contributed by atoms with Gasteiger partial charge in [-0.1, -0.05) is 19.9 Å². The van der Waals surface area contributed by atoms with Crippen molar-refractivity contribution in [3.63, 3.8) is 0 Å². The molecule has 2 N–H and O–H groups in total. The molecule has 0 amide bonds. The maximum Gasteiger partial charge on any atom is 0.416 e. The lowest BCUT2D eigenvalue weighted by Gasteiger charge is -2.44. The number of benzene rings is 1. The van der Waals surface area contributed by atoms with Gasteiger partial charge in [0.05, 0.1) is 12.7 Å². The number of nitrogens with one attached hydrogen (secondary N) is 1. The maximum absolute atomic E-state index is 13.6. The van der Waals surface area contributed by atoms with Gasteiger partial charge in [0.1, 0.15) is 5.75 Å². The van der Waals surface area contributed by atoms with Crippen molar-refractivity contribution in [2.45, 2.75) is 26.1 Å². The Hall–Kier alpha value is -1.31. The van der Waals surface area contributed by atoms with Crippen LogP contribution in [0.15, 0.2) is 18.2 Å². The van der Waals surface area contributed by atoms with Gasteiger partial charge >= 0.3 is 6.18 Å². The molecule has 136 valence electrons. The van der Waals surface area contributed by atoms with E-state index in [0.29, 0.717) is 13.1 Å². The van der Waals surface area contributed by atoms with Gasteiger partial charge in [-0.05, 0) is 17.7 Å². The number of rotatable bonds is 5. The summed E-state index contributed by atoms with van der Waals surface area (Å²) in [6.07, 6.45) is -4.48. The Balaban J connectivity index is 2.56. The summed E-state index contributed by atoms with van der Waals surface area (Å²) in [6.45, 7) is 6.10. The summed E-state index contributed by atoms with van der Waals surface area (Å²) < 4.78 is 45.9. The first-order chi connectivity index (χ1) is 11.2. The van der Waals surface area contributed by atoms with Gasteiger partial charge in [-0.25, -0.2) is 0 Å². The van der Waals surface area contributed by atoms with E-state index in [-0.39, 0.29) is 17.9 Å². The number of ether oxygens (including phenoxy) is 1. The van der Waals surface area contributed by atoms with E-state index in [2.05, 4.69) is 5.32 Å². The van der Waals surface area contributed by atoms with Crippen LogP contribution in [0.25, 0.3) is 0 Å². The van der Waals surface area contributed by atoms with E-state index >= 15 is 0 Å². The summed E-state index contributed by atoms with van der Waals surface area (Å²) in [5, 5.41) is 13.0. The zero-order valence-corrected chi connectivity index (χ0v) is 14.3. The number of nitrogens with zero attached hydrogens (tertiary/aromatic N) is 1. The highest BCUT2D eigenvalue weighted by atomic mass is 19.4. The van der Waals surface area contributed by atoms with E-state index in [1.165, 1.54) is 13.2 Å². The number of aliphatic hydroxyl groups excluding tert-OH is 1. The van der Waals surface area contributed by atoms with Crippen LogP contribution >= 0.6 is 0 Å². The Morgan fingerprint density at radius 1 is 1.25 bits per heavy atom. The van der Waals surface area contributed by atoms with Gasteiger partial charge in [0.2, 0.25) is 0 Å². The van der Waals surface area contributed by atoms with Crippen molar-refractivity contribution in [1.82, 2.24) is 10.2 Å². The molecule has 24 heavy (non-hydrogen) atoms. The SMILES string of the molecule is COc1ccc([C@@H](N2CCNCC2)C(C)(C)CO)c(C(F)(F)F)c1. The van der Waals surface area contributed by atoms with E-state index in [0.717, 1.165) is 19.2 Å². The van der Waals surface area contributed by atoms with Gasteiger partial charge in [0, 0.05) is 44.2 Å². The van der Waals surface area contributed by atoms with Crippen LogP contribution in [0.3, 0.4) is 0 Å². The number of alkyl halides is 3. The molecule has 0 aliphatic carbocycles. The average molecular weight is 346 g/mol. The smallest absolute Gasteiger partial charge is 0.416 e. The molecule has 0 bridgehead atoms. The molecule has 0 spiro atoms. The summed E-state index contributed by atoms with van der Waals surface area (Å²) in [7, 11) is 1.35. The van der Waals surface area contributed by atoms with Gasteiger partial charge in [-0.15, -0.1) is 0 Å². The third-order valence-corrected chi connectivity index (χ3v) is 4.52. The Kier molecular flexibility index (Phi) is 5.78. The molecule has 0 radical (unpaired) electrons. The molecular formula is C17H25F3N2O2. The topological polar surface area (TPSA) is 44.7 Å². The summed E-state index contributed by atoms with van der Waals surface area (Å²) in [6, 6.07) is 3.53. The molecule has 1 heterocycles. The molecule has 1 aliphatic heterocycles. The molecule has 1 atom stereocenters. The lowest BCUT2D eigenvalue weighted by molar-refractivity contribution is -0.139. The number of halogens is 3. The second kappa shape index (κ2) is 7.29. The molecule has 1 aromatic carbocycles. The van der Waals surface area contributed by atoms with Crippen molar-refractivity contribution < 1.29 is 23.0 Å². The number of hydrogen-bond acceptors (Lipinski definition) is 4. The summed E-state index contributed by atoms with van der Waals surface area (Å²) in [4.78, 5) is 2.02. The van der Waals surface area contributed by atoms with E-state index in [1.54, 1.807) is 19.9 Å². The third-order valence-electron chi connectivity index (χ3n) is 4.52. The van der Waals surface area contributed by atoms with Gasteiger partial charge in [-0.2, -0.15) is 13.2 Å². The number of methoxy groups -OCH3 is 1. The highest BCUT2D eigenvalue weighted by Gasteiger charge is 2.42. The van der Waals surface area contributed by atoms with Crippen LogP contribution in [-0.2, 0) is 6.18 Å². The van der Waals surface area contributed by atoms with Crippen LogP contribution in [0.5, 0.6) is 5.75 Å². The van der Waals surface area contributed by atoms with Crippen molar-refractivity contribution >= 4 is 0 Å². The Morgan fingerprint density at radius 2 is 1.88 bits per heavy atom. The fourth-order valence-corrected chi connectivity index (χ4v) is 3.29. The summed E-state index contributed by atoms with van der Waals surface area (Å²) in [5.41, 5.74) is -1.23. The zero-order chi connectivity index (χ0) is 18.0. The number of piperazine rings is 1. The molecule has 1 saturated heterocycles. The van der Waals surface area contributed by atoms with Crippen LogP contribution in [-0.4, -0.2) is 49.9 Å². The van der Waals surface area contributed by atoms with Gasteiger partial charge in [-0.3, -0.25) is 4.90 Å². The molecule has 2 rings (SSSR count). The molecule has 1 aliphatic rings. The lowest BCUT2D eigenvalue weighted by atomic mass is 9.78. The predicted molar refractivity (Wildman–Crippen MR) is 86.0 cm³/mol. The zero-order valence-electron chi connectivity index (χ0n) is 14.3. The highest BCUT2D eigenvalue weighted by molar-refractivity contribution is 5.40. The van der Waals surface area contributed by atoms with Gasteiger partial charge in [0.15, 0.2) is 0 Å². The van der Waals surface area contributed by atoms with Crippen molar-refractivity contribution in [3.8, 4) is 5.75 Å². The minimum Gasteiger partial charge on any atom is -0.497 e. The van der Waals surface area contributed by atoms with Gasteiger partial charge < -0.3 is 15.2 Å². The Bertz CT molecular complexity index is 555. The fourth-order valence-electron chi connectivity index (χ4n) is 3.29. The fraction of sp³-hybridized carbons (Fsp3) is 0.647. The minimum atomic E-state index is -4.48. The summed E-state index contributed by atoms with van der Waals surface area (Å²) in [5.74, 6) is 0.173.